The molecule has 0 aliphatic carbocycles. The molecule has 1 aromatic rings. The Morgan fingerprint density at radius 1 is 1.50 bits per heavy atom. The SMILES string of the molecule is CCOP(=O)(OCC)C(SC)/C(C)=C\n1c(=O)cc[nH]c1=S. The van der Waals surface area contributed by atoms with Gasteiger partial charge in [-0.3, -0.25) is 13.9 Å². The molecule has 6 nitrogen and oxygen atoms in total. The van der Waals surface area contributed by atoms with Crippen molar-refractivity contribution in [3.8, 4) is 0 Å². The summed E-state index contributed by atoms with van der Waals surface area (Å²) < 4.78 is 25.3. The number of aromatic amines is 1. The van der Waals surface area contributed by atoms with Crippen molar-refractivity contribution in [3.05, 3.63) is 33.0 Å². The normalized spacial score (nSPS) is 14.1. The molecule has 0 saturated carbocycles. The predicted octanol–water partition coefficient (Wildman–Crippen LogP) is 3.72. The van der Waals surface area contributed by atoms with Crippen molar-refractivity contribution < 1.29 is 13.6 Å². The molecule has 1 heterocycles. The Hall–Kier alpha value is -0.660. The summed E-state index contributed by atoms with van der Waals surface area (Å²) >= 11 is 6.46. The molecule has 0 saturated heterocycles. The summed E-state index contributed by atoms with van der Waals surface area (Å²) in [5.41, 5.74) is 0.427. The monoisotopic (exact) mass is 364 g/mol. The van der Waals surface area contributed by atoms with E-state index in [1.807, 2.05) is 6.26 Å². The Morgan fingerprint density at radius 3 is 2.55 bits per heavy atom. The van der Waals surface area contributed by atoms with E-state index in [9.17, 15) is 9.36 Å². The Balaban J connectivity index is 3.29. The highest BCUT2D eigenvalue weighted by atomic mass is 32.2. The van der Waals surface area contributed by atoms with Crippen molar-refractivity contribution in [2.75, 3.05) is 19.5 Å². The van der Waals surface area contributed by atoms with Gasteiger partial charge in [-0.2, -0.15) is 0 Å². The average Bonchev–Trinajstić information content (AvgIpc) is 2.44. The Morgan fingerprint density at radius 2 is 2.09 bits per heavy atom. The zero-order valence-corrected chi connectivity index (χ0v) is 15.6. The van der Waals surface area contributed by atoms with Crippen LogP contribution in [-0.2, 0) is 13.6 Å². The number of hydrogen-bond donors (Lipinski definition) is 1. The number of nitrogens with one attached hydrogen (secondary N) is 1. The summed E-state index contributed by atoms with van der Waals surface area (Å²) in [6.07, 6.45) is 4.88. The molecule has 0 fully saturated rings. The van der Waals surface area contributed by atoms with Crippen LogP contribution in [0.2, 0.25) is 0 Å². The second-order valence-corrected chi connectivity index (χ2v) is 8.12. The summed E-state index contributed by atoms with van der Waals surface area (Å²) in [6, 6.07) is 1.37. The van der Waals surface area contributed by atoms with Crippen molar-refractivity contribution in [3.63, 3.8) is 0 Å². The quantitative estimate of drug-likeness (QED) is 0.560. The van der Waals surface area contributed by atoms with Crippen molar-refractivity contribution in [1.82, 2.24) is 9.55 Å². The minimum absolute atomic E-state index is 0.259. The van der Waals surface area contributed by atoms with Gasteiger partial charge in [0.1, 0.15) is 4.99 Å². The van der Waals surface area contributed by atoms with E-state index in [2.05, 4.69) is 4.98 Å². The molecule has 0 amide bonds. The number of thioether (sulfide) groups is 1. The van der Waals surface area contributed by atoms with Crippen LogP contribution in [0.1, 0.15) is 20.8 Å². The zero-order valence-electron chi connectivity index (χ0n) is 13.1. The van der Waals surface area contributed by atoms with Gasteiger partial charge in [0, 0.05) is 18.5 Å². The predicted molar refractivity (Wildman–Crippen MR) is 94.0 cm³/mol. The molecular formula is C13H21N2O4PS2. The molecule has 0 radical (unpaired) electrons. The van der Waals surface area contributed by atoms with E-state index in [-0.39, 0.29) is 23.5 Å². The van der Waals surface area contributed by atoms with E-state index < -0.39 is 12.6 Å². The number of nitrogens with zero attached hydrogens (tertiary/aromatic N) is 1. The maximum Gasteiger partial charge on any atom is 0.347 e. The summed E-state index contributed by atoms with van der Waals surface area (Å²) in [5.74, 6) is 0. The first-order chi connectivity index (χ1) is 10.4. The highest BCUT2D eigenvalue weighted by molar-refractivity contribution is 8.05. The van der Waals surface area contributed by atoms with Crippen LogP contribution >= 0.6 is 31.6 Å². The third kappa shape index (κ3) is 4.67. The fourth-order valence-corrected chi connectivity index (χ4v) is 5.59. The molecule has 1 aromatic heterocycles. The molecule has 1 atom stereocenters. The minimum Gasteiger partial charge on any atom is -0.338 e. The summed E-state index contributed by atoms with van der Waals surface area (Å²) in [5, 5.41) is 0. The minimum atomic E-state index is -3.32. The molecule has 0 bridgehead atoms. The standard InChI is InChI=1S/C13H21N2O4PS2/c1-5-18-20(17,19-6-2)12(22-4)10(3)9-15-11(16)7-8-14-13(15)21/h7-9,12H,5-6H2,1-4H3,(H,14,21)/b10-9-. The average molecular weight is 364 g/mol. The van der Waals surface area contributed by atoms with E-state index in [1.165, 1.54) is 28.6 Å². The Labute approximate surface area is 139 Å². The second kappa shape index (κ2) is 8.84. The third-order valence-electron chi connectivity index (χ3n) is 2.74. The van der Waals surface area contributed by atoms with Gasteiger partial charge in [-0.15, -0.1) is 11.8 Å². The molecule has 22 heavy (non-hydrogen) atoms. The van der Waals surface area contributed by atoms with Crippen LogP contribution in [0.3, 0.4) is 0 Å². The topological polar surface area (TPSA) is 73.3 Å². The van der Waals surface area contributed by atoms with Gasteiger partial charge in [-0.05, 0) is 44.8 Å². The van der Waals surface area contributed by atoms with Gasteiger partial charge in [0.05, 0.1) is 13.2 Å². The summed E-state index contributed by atoms with van der Waals surface area (Å²) in [6.45, 7) is 5.88. The first-order valence-electron chi connectivity index (χ1n) is 6.79. The smallest absolute Gasteiger partial charge is 0.338 e. The van der Waals surface area contributed by atoms with Gasteiger partial charge in [0.2, 0.25) is 0 Å². The van der Waals surface area contributed by atoms with Crippen molar-refractivity contribution in [2.24, 2.45) is 0 Å². The number of rotatable bonds is 8. The number of H-pyrrole nitrogens is 1. The molecule has 1 rings (SSSR count). The zero-order chi connectivity index (χ0) is 16.8. The van der Waals surface area contributed by atoms with Crippen molar-refractivity contribution in [2.45, 2.75) is 25.8 Å². The lowest BCUT2D eigenvalue weighted by Crippen LogP contribution is -2.18. The Kier molecular flexibility index (Phi) is 7.79. The maximum atomic E-state index is 12.9. The van der Waals surface area contributed by atoms with Crippen LogP contribution in [0.5, 0.6) is 0 Å². The highest BCUT2D eigenvalue weighted by Crippen LogP contribution is 2.59. The molecule has 0 spiro atoms. The van der Waals surface area contributed by atoms with Gasteiger partial charge in [-0.1, -0.05) is 0 Å². The first kappa shape index (κ1) is 19.4. The van der Waals surface area contributed by atoms with Gasteiger partial charge in [-0.25, -0.2) is 0 Å². The van der Waals surface area contributed by atoms with E-state index in [0.29, 0.717) is 5.57 Å². The van der Waals surface area contributed by atoms with Crippen molar-refractivity contribution in [1.29, 1.82) is 0 Å². The number of aromatic nitrogens is 2. The molecule has 1 unspecified atom stereocenters. The van der Waals surface area contributed by atoms with Gasteiger partial charge >= 0.3 is 7.60 Å². The van der Waals surface area contributed by atoms with Gasteiger partial charge in [0.15, 0.2) is 4.77 Å². The number of hydrogen-bond acceptors (Lipinski definition) is 6. The van der Waals surface area contributed by atoms with E-state index in [0.717, 1.165) is 0 Å². The summed E-state index contributed by atoms with van der Waals surface area (Å²) in [7, 11) is -3.32. The van der Waals surface area contributed by atoms with Gasteiger partial charge < -0.3 is 14.0 Å². The molecule has 0 aliphatic heterocycles. The largest absolute Gasteiger partial charge is 0.347 e. The molecule has 1 N–H and O–H groups in total. The van der Waals surface area contributed by atoms with Crippen LogP contribution in [-0.4, -0.2) is 34.0 Å². The highest BCUT2D eigenvalue weighted by Gasteiger charge is 2.36. The van der Waals surface area contributed by atoms with Crippen molar-refractivity contribution >= 4 is 37.8 Å². The van der Waals surface area contributed by atoms with Crippen LogP contribution in [0.15, 0.2) is 22.6 Å². The molecule has 0 aliphatic rings. The van der Waals surface area contributed by atoms with Crippen LogP contribution in [0.4, 0.5) is 0 Å². The molecular weight excluding hydrogens is 343 g/mol. The van der Waals surface area contributed by atoms with Gasteiger partial charge in [0.25, 0.3) is 5.56 Å². The van der Waals surface area contributed by atoms with Crippen LogP contribution in [0, 0.1) is 4.77 Å². The maximum absolute atomic E-state index is 12.9. The van der Waals surface area contributed by atoms with Crippen LogP contribution in [0.25, 0.3) is 6.20 Å². The van der Waals surface area contributed by atoms with E-state index in [1.54, 1.807) is 27.0 Å². The molecule has 124 valence electrons. The fourth-order valence-electron chi connectivity index (χ4n) is 1.92. The van der Waals surface area contributed by atoms with E-state index in [4.69, 9.17) is 21.3 Å². The lowest BCUT2D eigenvalue weighted by Gasteiger charge is -2.25. The third-order valence-corrected chi connectivity index (χ3v) is 7.50. The fraction of sp³-hybridized carbons (Fsp3) is 0.538. The second-order valence-electron chi connectivity index (χ2n) is 4.33. The summed E-state index contributed by atoms with van der Waals surface area (Å²) in [4.78, 5) is 14.2. The lowest BCUT2D eigenvalue weighted by molar-refractivity contribution is 0.220. The van der Waals surface area contributed by atoms with Crippen LogP contribution < -0.4 is 5.56 Å². The lowest BCUT2D eigenvalue weighted by atomic mass is 10.4. The molecule has 0 aromatic carbocycles. The molecule has 9 heteroatoms. The Bertz CT molecular complexity index is 645. The first-order valence-corrected chi connectivity index (χ1v) is 10.1. The van der Waals surface area contributed by atoms with E-state index >= 15 is 0 Å².